The number of hydrogen-bond donors (Lipinski definition) is 2. The second-order valence-corrected chi connectivity index (χ2v) is 6.08. The van der Waals surface area contributed by atoms with Crippen LogP contribution in [0.1, 0.15) is 19.0 Å². The number of sulfonamides is 1. The van der Waals surface area contributed by atoms with Crippen LogP contribution in [0.2, 0.25) is 0 Å². The fraction of sp³-hybridized carbons (Fsp3) is 0.700. The highest BCUT2D eigenvalue weighted by molar-refractivity contribution is 7.89. The van der Waals surface area contributed by atoms with Gasteiger partial charge in [-0.3, -0.25) is 5.10 Å². The molecule has 96 valence electrons. The van der Waals surface area contributed by atoms with Gasteiger partial charge in [-0.1, -0.05) is 0 Å². The Morgan fingerprint density at radius 1 is 1.65 bits per heavy atom. The molecular formula is C10H17N3O3S. The van der Waals surface area contributed by atoms with E-state index < -0.39 is 10.0 Å². The van der Waals surface area contributed by atoms with E-state index in [-0.39, 0.29) is 16.9 Å². The maximum absolute atomic E-state index is 12.1. The van der Waals surface area contributed by atoms with Crippen molar-refractivity contribution in [1.29, 1.82) is 0 Å². The number of aromatic amines is 1. The quantitative estimate of drug-likeness (QED) is 0.821. The third kappa shape index (κ3) is 2.67. The van der Waals surface area contributed by atoms with Gasteiger partial charge in [0, 0.05) is 18.6 Å². The summed E-state index contributed by atoms with van der Waals surface area (Å²) in [5.41, 5.74) is 0.548. The van der Waals surface area contributed by atoms with Crippen LogP contribution in [0, 0.1) is 12.8 Å². The van der Waals surface area contributed by atoms with Crippen LogP contribution < -0.4 is 4.72 Å². The van der Waals surface area contributed by atoms with Crippen LogP contribution in [0.5, 0.6) is 0 Å². The average molecular weight is 259 g/mol. The first-order valence-electron chi connectivity index (χ1n) is 5.61. The summed E-state index contributed by atoms with van der Waals surface area (Å²) in [5, 5.41) is 6.35. The minimum atomic E-state index is -3.48. The Labute approximate surface area is 101 Å². The third-order valence-electron chi connectivity index (χ3n) is 3.09. The monoisotopic (exact) mass is 259 g/mol. The van der Waals surface area contributed by atoms with Gasteiger partial charge in [0.2, 0.25) is 10.0 Å². The standard InChI is InChI=1S/C10H17N3O3S/c1-7(9-3-4-16-6-9)13-17(14,15)10-5-11-12-8(10)2/h5,7,9,13H,3-4,6H2,1-2H3,(H,11,12). The molecule has 1 fully saturated rings. The first-order chi connectivity index (χ1) is 8.00. The molecule has 1 aliphatic rings. The zero-order valence-electron chi connectivity index (χ0n) is 9.93. The van der Waals surface area contributed by atoms with Gasteiger partial charge in [0.25, 0.3) is 0 Å². The number of aromatic nitrogens is 2. The van der Waals surface area contributed by atoms with Gasteiger partial charge in [0.15, 0.2) is 0 Å². The molecule has 0 bridgehead atoms. The number of hydrogen-bond acceptors (Lipinski definition) is 4. The third-order valence-corrected chi connectivity index (χ3v) is 4.76. The highest BCUT2D eigenvalue weighted by atomic mass is 32.2. The van der Waals surface area contributed by atoms with Crippen LogP contribution in [0.15, 0.2) is 11.1 Å². The molecule has 1 aliphatic heterocycles. The van der Waals surface area contributed by atoms with Gasteiger partial charge in [-0.15, -0.1) is 0 Å². The fourth-order valence-electron chi connectivity index (χ4n) is 1.96. The number of ether oxygens (including phenoxy) is 1. The van der Waals surface area contributed by atoms with Crippen molar-refractivity contribution in [3.05, 3.63) is 11.9 Å². The van der Waals surface area contributed by atoms with E-state index in [2.05, 4.69) is 14.9 Å². The number of rotatable bonds is 4. The van der Waals surface area contributed by atoms with Crippen molar-refractivity contribution in [2.24, 2.45) is 5.92 Å². The van der Waals surface area contributed by atoms with Gasteiger partial charge in [-0.2, -0.15) is 5.10 Å². The Morgan fingerprint density at radius 2 is 2.41 bits per heavy atom. The molecule has 2 N–H and O–H groups in total. The van der Waals surface area contributed by atoms with E-state index in [1.807, 2.05) is 6.92 Å². The highest BCUT2D eigenvalue weighted by Gasteiger charge is 2.27. The lowest BCUT2D eigenvalue weighted by Gasteiger charge is -2.18. The largest absolute Gasteiger partial charge is 0.381 e. The number of H-pyrrole nitrogens is 1. The molecule has 2 rings (SSSR count). The van der Waals surface area contributed by atoms with E-state index in [9.17, 15) is 8.42 Å². The van der Waals surface area contributed by atoms with Crippen molar-refractivity contribution in [3.63, 3.8) is 0 Å². The molecule has 1 aromatic heterocycles. The van der Waals surface area contributed by atoms with Gasteiger partial charge in [-0.05, 0) is 20.3 Å². The smallest absolute Gasteiger partial charge is 0.244 e. The molecule has 6 nitrogen and oxygen atoms in total. The van der Waals surface area contributed by atoms with Crippen LogP contribution in [0.25, 0.3) is 0 Å². The van der Waals surface area contributed by atoms with E-state index >= 15 is 0 Å². The van der Waals surface area contributed by atoms with Crippen LogP contribution in [-0.2, 0) is 14.8 Å². The summed E-state index contributed by atoms with van der Waals surface area (Å²) < 4.78 is 32.1. The van der Waals surface area contributed by atoms with Gasteiger partial charge >= 0.3 is 0 Å². The number of aryl methyl sites for hydroxylation is 1. The first kappa shape index (κ1) is 12.5. The van der Waals surface area contributed by atoms with Crippen molar-refractivity contribution < 1.29 is 13.2 Å². The number of nitrogens with one attached hydrogen (secondary N) is 2. The summed E-state index contributed by atoms with van der Waals surface area (Å²) in [6.45, 7) is 4.88. The minimum Gasteiger partial charge on any atom is -0.381 e. The van der Waals surface area contributed by atoms with Crippen LogP contribution in [0.4, 0.5) is 0 Å². The zero-order chi connectivity index (χ0) is 12.5. The van der Waals surface area contributed by atoms with Crippen LogP contribution in [0.3, 0.4) is 0 Å². The van der Waals surface area contributed by atoms with Crippen LogP contribution in [-0.4, -0.2) is 37.9 Å². The van der Waals surface area contributed by atoms with Crippen molar-refractivity contribution in [2.75, 3.05) is 13.2 Å². The van der Waals surface area contributed by atoms with Gasteiger partial charge in [0.05, 0.1) is 18.5 Å². The second kappa shape index (κ2) is 4.75. The van der Waals surface area contributed by atoms with Gasteiger partial charge in [-0.25, -0.2) is 13.1 Å². The summed E-state index contributed by atoms with van der Waals surface area (Å²) in [6.07, 6.45) is 2.23. The molecule has 2 heterocycles. The molecule has 1 aromatic rings. The Balaban J connectivity index is 2.09. The fourth-order valence-corrected chi connectivity index (χ4v) is 3.41. The molecule has 0 saturated carbocycles. The summed E-state index contributed by atoms with van der Waals surface area (Å²) >= 11 is 0. The number of nitrogens with zero attached hydrogens (tertiary/aromatic N) is 1. The average Bonchev–Trinajstić information content (AvgIpc) is 2.85. The molecule has 2 atom stereocenters. The maximum atomic E-state index is 12.1. The summed E-state index contributed by atoms with van der Waals surface area (Å²) in [4.78, 5) is 0.211. The molecule has 0 aromatic carbocycles. The lowest BCUT2D eigenvalue weighted by atomic mass is 10.0. The Kier molecular flexibility index (Phi) is 3.50. The summed E-state index contributed by atoms with van der Waals surface area (Å²) in [5.74, 6) is 0.247. The Morgan fingerprint density at radius 3 is 2.94 bits per heavy atom. The van der Waals surface area contributed by atoms with Crippen molar-refractivity contribution in [1.82, 2.24) is 14.9 Å². The van der Waals surface area contributed by atoms with Crippen molar-refractivity contribution >= 4 is 10.0 Å². The summed E-state index contributed by atoms with van der Waals surface area (Å²) in [7, 11) is -3.48. The Bertz CT molecular complexity index is 477. The molecule has 0 radical (unpaired) electrons. The normalized spacial score (nSPS) is 22.8. The predicted molar refractivity (Wildman–Crippen MR) is 62.0 cm³/mol. The summed E-state index contributed by atoms with van der Waals surface area (Å²) in [6, 6.07) is -0.128. The minimum absolute atomic E-state index is 0.128. The van der Waals surface area contributed by atoms with E-state index in [1.54, 1.807) is 6.92 Å². The van der Waals surface area contributed by atoms with Gasteiger partial charge in [0.1, 0.15) is 4.90 Å². The molecule has 7 heteroatoms. The van der Waals surface area contributed by atoms with E-state index in [1.165, 1.54) is 6.20 Å². The van der Waals surface area contributed by atoms with Crippen LogP contribution >= 0.6 is 0 Å². The highest BCUT2D eigenvalue weighted by Crippen LogP contribution is 2.19. The second-order valence-electron chi connectivity index (χ2n) is 4.39. The molecule has 17 heavy (non-hydrogen) atoms. The van der Waals surface area contributed by atoms with E-state index in [4.69, 9.17) is 4.74 Å². The van der Waals surface area contributed by atoms with Crippen molar-refractivity contribution in [3.8, 4) is 0 Å². The van der Waals surface area contributed by atoms with E-state index in [0.29, 0.717) is 18.9 Å². The molecule has 1 saturated heterocycles. The molecular weight excluding hydrogens is 242 g/mol. The lowest BCUT2D eigenvalue weighted by molar-refractivity contribution is 0.180. The van der Waals surface area contributed by atoms with E-state index in [0.717, 1.165) is 6.42 Å². The maximum Gasteiger partial charge on any atom is 0.244 e. The first-order valence-corrected chi connectivity index (χ1v) is 7.09. The molecule has 2 unspecified atom stereocenters. The van der Waals surface area contributed by atoms with Gasteiger partial charge < -0.3 is 4.74 Å². The molecule has 0 spiro atoms. The predicted octanol–water partition coefficient (Wildman–Crippen LogP) is 0.421. The topological polar surface area (TPSA) is 84.1 Å². The molecule has 0 aliphatic carbocycles. The zero-order valence-corrected chi connectivity index (χ0v) is 10.8. The molecule has 0 amide bonds. The lowest BCUT2D eigenvalue weighted by Crippen LogP contribution is -2.38. The van der Waals surface area contributed by atoms with Crippen molar-refractivity contribution in [2.45, 2.75) is 31.2 Å². The SMILES string of the molecule is Cc1[nH]ncc1S(=O)(=O)NC(C)C1CCOC1. The Hall–Kier alpha value is -0.920.